The van der Waals surface area contributed by atoms with E-state index in [1.165, 1.54) is 14.2 Å². The number of aromatic amines is 1. The Labute approximate surface area is 150 Å². The van der Waals surface area contributed by atoms with Gasteiger partial charge in [0.1, 0.15) is 17.6 Å². The number of ether oxygens (including phenoxy) is 3. The first-order valence-corrected chi connectivity index (χ1v) is 7.70. The van der Waals surface area contributed by atoms with Crippen LogP contribution in [0.2, 0.25) is 0 Å². The van der Waals surface area contributed by atoms with Crippen LogP contribution in [-0.4, -0.2) is 36.4 Å². The molecule has 7 nitrogen and oxygen atoms in total. The molecule has 0 aliphatic heterocycles. The molecule has 26 heavy (non-hydrogen) atoms. The summed E-state index contributed by atoms with van der Waals surface area (Å²) >= 11 is 0. The van der Waals surface area contributed by atoms with E-state index < -0.39 is 0 Å². The Bertz CT molecular complexity index is 1010. The molecule has 0 saturated heterocycles. The fourth-order valence-electron chi connectivity index (χ4n) is 2.56. The predicted molar refractivity (Wildman–Crippen MR) is 97.3 cm³/mol. The summed E-state index contributed by atoms with van der Waals surface area (Å²) in [7, 11) is 4.48. The molecular formula is C19H17N3O4. The summed E-state index contributed by atoms with van der Waals surface area (Å²) in [5.74, 6) is 1.54. The van der Waals surface area contributed by atoms with E-state index in [-0.39, 0.29) is 17.2 Å². The Kier molecular flexibility index (Phi) is 4.67. The van der Waals surface area contributed by atoms with Crippen molar-refractivity contribution in [2.75, 3.05) is 21.3 Å². The van der Waals surface area contributed by atoms with Gasteiger partial charge in [-0.25, -0.2) is 4.98 Å². The van der Waals surface area contributed by atoms with Crippen molar-refractivity contribution in [1.82, 2.24) is 9.97 Å². The number of fused-ring (bicyclic) bond motifs is 1. The van der Waals surface area contributed by atoms with Crippen molar-refractivity contribution in [3.05, 3.63) is 41.7 Å². The molecular weight excluding hydrogens is 334 g/mol. The molecule has 7 heteroatoms. The monoisotopic (exact) mass is 351 g/mol. The maximum atomic E-state index is 10.0. The molecule has 3 aromatic rings. The summed E-state index contributed by atoms with van der Waals surface area (Å²) in [5, 5.41) is 19.6. The molecule has 0 bridgehead atoms. The van der Waals surface area contributed by atoms with E-state index in [9.17, 15) is 10.4 Å². The van der Waals surface area contributed by atoms with Crippen molar-refractivity contribution in [2.45, 2.75) is 0 Å². The van der Waals surface area contributed by atoms with Gasteiger partial charge in [0.05, 0.1) is 37.9 Å². The molecule has 132 valence electrons. The molecule has 0 saturated carbocycles. The van der Waals surface area contributed by atoms with Gasteiger partial charge in [0.25, 0.3) is 0 Å². The number of allylic oxidation sites excluding steroid dienone is 1. The van der Waals surface area contributed by atoms with Crippen molar-refractivity contribution in [1.29, 1.82) is 5.26 Å². The molecule has 1 aromatic heterocycles. The molecule has 1 heterocycles. The van der Waals surface area contributed by atoms with Gasteiger partial charge in [-0.2, -0.15) is 5.26 Å². The number of benzene rings is 2. The number of aromatic nitrogens is 2. The number of H-pyrrole nitrogens is 1. The zero-order valence-electron chi connectivity index (χ0n) is 14.5. The lowest BCUT2D eigenvalue weighted by Gasteiger charge is -2.09. The number of methoxy groups -OCH3 is 3. The van der Waals surface area contributed by atoms with Gasteiger partial charge >= 0.3 is 0 Å². The topological polar surface area (TPSA) is 100 Å². The number of nitrogens with zero attached hydrogens (tertiary/aromatic N) is 2. The summed E-state index contributed by atoms with van der Waals surface area (Å²) in [4.78, 5) is 7.56. The quantitative estimate of drug-likeness (QED) is 0.684. The van der Waals surface area contributed by atoms with Gasteiger partial charge in [-0.05, 0) is 35.9 Å². The molecule has 0 unspecified atom stereocenters. The number of rotatable bonds is 5. The predicted octanol–water partition coefficient (Wildman–Crippen LogP) is 3.36. The number of hydrogen-bond donors (Lipinski definition) is 2. The molecule has 2 N–H and O–H groups in total. The summed E-state index contributed by atoms with van der Waals surface area (Å²) in [6.45, 7) is 0. The van der Waals surface area contributed by atoms with Crippen LogP contribution in [0.25, 0.3) is 22.7 Å². The molecule has 0 aliphatic rings. The van der Waals surface area contributed by atoms with Crippen LogP contribution in [-0.2, 0) is 0 Å². The second-order valence-corrected chi connectivity index (χ2v) is 5.41. The van der Waals surface area contributed by atoms with Gasteiger partial charge in [-0.1, -0.05) is 0 Å². The fourth-order valence-corrected chi connectivity index (χ4v) is 2.56. The van der Waals surface area contributed by atoms with E-state index in [4.69, 9.17) is 14.2 Å². The van der Waals surface area contributed by atoms with Crippen LogP contribution < -0.4 is 14.2 Å². The average Bonchev–Trinajstić information content (AvgIpc) is 3.09. The third-order valence-electron chi connectivity index (χ3n) is 3.88. The summed E-state index contributed by atoms with van der Waals surface area (Å²) in [5.41, 5.74) is 2.45. The van der Waals surface area contributed by atoms with E-state index in [1.807, 2.05) is 12.1 Å². The van der Waals surface area contributed by atoms with Gasteiger partial charge < -0.3 is 24.3 Å². The number of imidazole rings is 1. The number of nitriles is 1. The Morgan fingerprint density at radius 3 is 2.38 bits per heavy atom. The fraction of sp³-hybridized carbons (Fsp3) is 0.158. The first kappa shape index (κ1) is 17.2. The van der Waals surface area contributed by atoms with Crippen LogP contribution in [0, 0.1) is 11.3 Å². The number of hydrogen-bond acceptors (Lipinski definition) is 6. The minimum Gasteiger partial charge on any atom is -0.502 e. The summed E-state index contributed by atoms with van der Waals surface area (Å²) in [6.07, 6.45) is 1.64. The van der Waals surface area contributed by atoms with E-state index in [1.54, 1.807) is 31.4 Å². The lowest BCUT2D eigenvalue weighted by atomic mass is 10.1. The van der Waals surface area contributed by atoms with Crippen LogP contribution in [0.4, 0.5) is 0 Å². The van der Waals surface area contributed by atoms with E-state index in [0.29, 0.717) is 22.7 Å². The SMILES string of the molecule is COc1ccc2nc(C(C#N)=Cc3cc(OC)c(O)c(OC)c3)[nH]c2c1. The molecule has 0 atom stereocenters. The largest absolute Gasteiger partial charge is 0.502 e. The maximum absolute atomic E-state index is 10.0. The van der Waals surface area contributed by atoms with E-state index in [0.717, 1.165) is 11.0 Å². The van der Waals surface area contributed by atoms with Crippen molar-refractivity contribution >= 4 is 22.7 Å². The third-order valence-corrected chi connectivity index (χ3v) is 3.88. The number of phenols is 1. The van der Waals surface area contributed by atoms with E-state index in [2.05, 4.69) is 16.0 Å². The highest BCUT2D eigenvalue weighted by Crippen LogP contribution is 2.38. The van der Waals surface area contributed by atoms with Crippen LogP contribution >= 0.6 is 0 Å². The highest BCUT2D eigenvalue weighted by atomic mass is 16.5. The van der Waals surface area contributed by atoms with E-state index >= 15 is 0 Å². The minimum absolute atomic E-state index is 0.0958. The van der Waals surface area contributed by atoms with Crippen LogP contribution in [0.5, 0.6) is 23.0 Å². The number of aromatic hydroxyl groups is 1. The number of nitrogens with one attached hydrogen (secondary N) is 1. The molecule has 2 aromatic carbocycles. The zero-order valence-corrected chi connectivity index (χ0v) is 14.5. The molecule has 3 rings (SSSR count). The van der Waals surface area contributed by atoms with Gasteiger partial charge in [0, 0.05) is 6.07 Å². The first-order valence-electron chi connectivity index (χ1n) is 7.70. The first-order chi connectivity index (χ1) is 12.6. The smallest absolute Gasteiger partial charge is 0.200 e. The summed E-state index contributed by atoms with van der Waals surface area (Å²) < 4.78 is 15.5. The van der Waals surface area contributed by atoms with Crippen molar-refractivity contribution < 1.29 is 19.3 Å². The zero-order chi connectivity index (χ0) is 18.7. The third kappa shape index (κ3) is 3.13. The van der Waals surface area contributed by atoms with Crippen LogP contribution in [0.15, 0.2) is 30.3 Å². The lowest BCUT2D eigenvalue weighted by Crippen LogP contribution is -1.91. The molecule has 0 fully saturated rings. The maximum Gasteiger partial charge on any atom is 0.200 e. The normalized spacial score (nSPS) is 11.2. The molecule has 0 amide bonds. The van der Waals surface area contributed by atoms with Gasteiger partial charge in [-0.15, -0.1) is 0 Å². The Morgan fingerprint density at radius 1 is 1.12 bits per heavy atom. The van der Waals surface area contributed by atoms with Gasteiger partial charge in [0.15, 0.2) is 11.5 Å². The molecule has 0 aliphatic carbocycles. The summed E-state index contributed by atoms with van der Waals surface area (Å²) in [6, 6.07) is 10.8. The number of phenolic OH excluding ortho intramolecular Hbond substituents is 1. The van der Waals surface area contributed by atoms with Crippen molar-refractivity contribution in [2.24, 2.45) is 0 Å². The standard InChI is InChI=1S/C19H17N3O4/c1-24-13-4-5-14-15(9-13)22-19(21-14)12(10-20)6-11-7-16(25-2)18(23)17(8-11)26-3/h4-9,23H,1-3H3,(H,21,22). The van der Waals surface area contributed by atoms with Crippen LogP contribution in [0.1, 0.15) is 11.4 Å². The highest BCUT2D eigenvalue weighted by molar-refractivity contribution is 5.91. The molecule has 0 radical (unpaired) electrons. The Balaban J connectivity index is 2.08. The average molecular weight is 351 g/mol. The second-order valence-electron chi connectivity index (χ2n) is 5.41. The Morgan fingerprint density at radius 2 is 1.81 bits per heavy atom. The van der Waals surface area contributed by atoms with Crippen LogP contribution in [0.3, 0.4) is 0 Å². The minimum atomic E-state index is -0.0958. The molecule has 0 spiro atoms. The van der Waals surface area contributed by atoms with Gasteiger partial charge in [-0.3, -0.25) is 0 Å². The van der Waals surface area contributed by atoms with Gasteiger partial charge in [0.2, 0.25) is 5.75 Å². The van der Waals surface area contributed by atoms with Crippen molar-refractivity contribution in [3.63, 3.8) is 0 Å². The second kappa shape index (κ2) is 7.07. The Hall–Kier alpha value is -3.66. The highest BCUT2D eigenvalue weighted by Gasteiger charge is 2.13. The lowest BCUT2D eigenvalue weighted by molar-refractivity contribution is 0.340. The van der Waals surface area contributed by atoms with Crippen molar-refractivity contribution in [3.8, 4) is 29.1 Å².